The van der Waals surface area contributed by atoms with Gasteiger partial charge in [0, 0.05) is 12.1 Å². The standard InChI is InChI=1S/C11H19NO3S/c13-11-5-9-3-4-10(6-11)12(9)16(14,15)7-8-1-2-8/h8-11,13H,1-7H2. The van der Waals surface area contributed by atoms with E-state index < -0.39 is 10.0 Å². The van der Waals surface area contributed by atoms with Crippen LogP contribution in [-0.2, 0) is 10.0 Å². The van der Waals surface area contributed by atoms with Crippen molar-refractivity contribution in [1.29, 1.82) is 0 Å². The Morgan fingerprint density at radius 2 is 1.62 bits per heavy atom. The van der Waals surface area contributed by atoms with Crippen molar-refractivity contribution in [2.75, 3.05) is 5.75 Å². The Labute approximate surface area is 96.7 Å². The van der Waals surface area contributed by atoms with Crippen molar-refractivity contribution >= 4 is 10.0 Å². The first-order chi connectivity index (χ1) is 7.56. The molecule has 3 rings (SSSR count). The second-order valence-corrected chi connectivity index (χ2v) is 7.48. The van der Waals surface area contributed by atoms with E-state index in [0.717, 1.165) is 25.7 Å². The molecule has 2 saturated heterocycles. The van der Waals surface area contributed by atoms with Gasteiger partial charge in [0.2, 0.25) is 10.0 Å². The summed E-state index contributed by atoms with van der Waals surface area (Å²) in [5.74, 6) is 0.757. The van der Waals surface area contributed by atoms with Crippen LogP contribution in [0.2, 0.25) is 0 Å². The quantitative estimate of drug-likeness (QED) is 0.797. The molecule has 2 bridgehead atoms. The zero-order chi connectivity index (χ0) is 11.3. The predicted octanol–water partition coefficient (Wildman–Crippen LogP) is 0.714. The van der Waals surface area contributed by atoms with E-state index in [1.807, 2.05) is 0 Å². The van der Waals surface area contributed by atoms with Crippen molar-refractivity contribution in [1.82, 2.24) is 4.31 Å². The van der Waals surface area contributed by atoms with Crippen LogP contribution in [0.5, 0.6) is 0 Å². The maximum absolute atomic E-state index is 12.2. The molecule has 5 heteroatoms. The number of nitrogens with zero attached hydrogens (tertiary/aromatic N) is 1. The molecular formula is C11H19NO3S. The highest BCUT2D eigenvalue weighted by Crippen LogP contribution is 2.40. The van der Waals surface area contributed by atoms with E-state index >= 15 is 0 Å². The summed E-state index contributed by atoms with van der Waals surface area (Å²) in [5, 5.41) is 9.65. The van der Waals surface area contributed by atoms with Crippen LogP contribution < -0.4 is 0 Å². The number of piperidine rings is 1. The van der Waals surface area contributed by atoms with Crippen molar-refractivity contribution in [3.05, 3.63) is 0 Å². The first kappa shape index (κ1) is 11.0. The molecule has 0 aromatic carbocycles. The molecule has 3 fully saturated rings. The van der Waals surface area contributed by atoms with Crippen LogP contribution in [0.3, 0.4) is 0 Å². The van der Waals surface area contributed by atoms with Crippen molar-refractivity contribution in [2.24, 2.45) is 5.92 Å². The molecule has 2 unspecified atom stereocenters. The normalized spacial score (nSPS) is 40.2. The van der Waals surface area contributed by atoms with Crippen molar-refractivity contribution in [3.8, 4) is 0 Å². The number of rotatable bonds is 3. The van der Waals surface area contributed by atoms with E-state index in [9.17, 15) is 13.5 Å². The molecule has 0 amide bonds. The van der Waals surface area contributed by atoms with Crippen molar-refractivity contribution < 1.29 is 13.5 Å². The first-order valence-corrected chi connectivity index (χ1v) is 7.86. The predicted molar refractivity (Wildman–Crippen MR) is 60.4 cm³/mol. The Hall–Kier alpha value is -0.130. The first-order valence-electron chi connectivity index (χ1n) is 6.25. The van der Waals surface area contributed by atoms with Crippen LogP contribution in [0.25, 0.3) is 0 Å². The topological polar surface area (TPSA) is 57.6 Å². The Morgan fingerprint density at radius 3 is 2.12 bits per heavy atom. The highest BCUT2D eigenvalue weighted by Gasteiger charge is 2.47. The number of hydrogen-bond donors (Lipinski definition) is 1. The Kier molecular flexibility index (Phi) is 2.53. The molecule has 3 aliphatic rings. The summed E-state index contributed by atoms with van der Waals surface area (Å²) in [6.07, 6.45) is 5.01. The van der Waals surface area contributed by atoms with Gasteiger partial charge in [0.15, 0.2) is 0 Å². The summed E-state index contributed by atoms with van der Waals surface area (Å²) in [6, 6.07) is 0.162. The molecule has 4 nitrogen and oxygen atoms in total. The van der Waals surface area contributed by atoms with Crippen molar-refractivity contribution in [2.45, 2.75) is 56.7 Å². The maximum atomic E-state index is 12.2. The molecule has 1 N–H and O–H groups in total. The fourth-order valence-corrected chi connectivity index (χ4v) is 5.62. The lowest BCUT2D eigenvalue weighted by atomic mass is 10.0. The molecule has 0 aromatic rings. The minimum atomic E-state index is -3.06. The second-order valence-electron chi connectivity index (χ2n) is 5.56. The van der Waals surface area contributed by atoms with Gasteiger partial charge in [-0.15, -0.1) is 0 Å². The molecule has 0 radical (unpaired) electrons. The van der Waals surface area contributed by atoms with Crippen LogP contribution in [0.15, 0.2) is 0 Å². The van der Waals surface area contributed by atoms with Gasteiger partial charge in [0.1, 0.15) is 0 Å². The van der Waals surface area contributed by atoms with Gasteiger partial charge in [-0.25, -0.2) is 8.42 Å². The summed E-state index contributed by atoms with van der Waals surface area (Å²) < 4.78 is 26.2. The summed E-state index contributed by atoms with van der Waals surface area (Å²) in [4.78, 5) is 0. The third-order valence-electron chi connectivity index (χ3n) is 4.11. The largest absolute Gasteiger partial charge is 0.393 e. The number of aliphatic hydroxyl groups excluding tert-OH is 1. The molecule has 2 aliphatic heterocycles. The third kappa shape index (κ3) is 1.89. The lowest BCUT2D eigenvalue weighted by Gasteiger charge is -2.36. The Morgan fingerprint density at radius 1 is 1.06 bits per heavy atom. The third-order valence-corrected chi connectivity index (χ3v) is 6.24. The van der Waals surface area contributed by atoms with E-state index in [0.29, 0.717) is 24.5 Å². The zero-order valence-corrected chi connectivity index (χ0v) is 10.2. The maximum Gasteiger partial charge on any atom is 0.214 e. The molecule has 2 atom stereocenters. The van der Waals surface area contributed by atoms with Gasteiger partial charge >= 0.3 is 0 Å². The average molecular weight is 245 g/mol. The Bertz CT molecular complexity index is 363. The minimum Gasteiger partial charge on any atom is -0.393 e. The van der Waals surface area contributed by atoms with Gasteiger partial charge in [-0.05, 0) is 44.4 Å². The molecule has 0 aromatic heterocycles. The lowest BCUT2D eigenvalue weighted by Crippen LogP contribution is -2.48. The Balaban J connectivity index is 1.79. The van der Waals surface area contributed by atoms with Gasteiger partial charge < -0.3 is 5.11 Å². The number of fused-ring (bicyclic) bond motifs is 2. The van der Waals surface area contributed by atoms with E-state index in [4.69, 9.17) is 0 Å². The SMILES string of the molecule is O=S(=O)(CC1CC1)N1C2CCC1CC(O)C2. The summed E-state index contributed by atoms with van der Waals surface area (Å²) in [7, 11) is -3.06. The highest BCUT2D eigenvalue weighted by atomic mass is 32.2. The molecule has 0 spiro atoms. The van der Waals surface area contributed by atoms with E-state index in [-0.39, 0.29) is 18.2 Å². The van der Waals surface area contributed by atoms with Crippen molar-refractivity contribution in [3.63, 3.8) is 0 Å². The molecule has 92 valence electrons. The molecule has 2 heterocycles. The molecule has 1 aliphatic carbocycles. The number of aliphatic hydroxyl groups is 1. The van der Waals surface area contributed by atoms with E-state index in [1.165, 1.54) is 0 Å². The smallest absolute Gasteiger partial charge is 0.214 e. The monoisotopic (exact) mass is 245 g/mol. The number of sulfonamides is 1. The fourth-order valence-electron chi connectivity index (χ4n) is 3.23. The van der Waals surface area contributed by atoms with Crippen LogP contribution >= 0.6 is 0 Å². The summed E-state index contributed by atoms with van der Waals surface area (Å²) in [5.41, 5.74) is 0. The van der Waals surface area contributed by atoms with Crippen LogP contribution in [0.1, 0.15) is 38.5 Å². The van der Waals surface area contributed by atoms with Gasteiger partial charge in [0.25, 0.3) is 0 Å². The summed E-state index contributed by atoms with van der Waals surface area (Å²) >= 11 is 0. The summed E-state index contributed by atoms with van der Waals surface area (Å²) in [6.45, 7) is 0. The minimum absolute atomic E-state index is 0.0810. The second kappa shape index (κ2) is 3.68. The lowest BCUT2D eigenvalue weighted by molar-refractivity contribution is 0.0768. The average Bonchev–Trinajstić information content (AvgIpc) is 2.91. The van der Waals surface area contributed by atoms with Gasteiger partial charge in [-0.1, -0.05) is 0 Å². The van der Waals surface area contributed by atoms with Gasteiger partial charge in [-0.2, -0.15) is 4.31 Å². The van der Waals surface area contributed by atoms with Gasteiger partial charge in [0.05, 0.1) is 11.9 Å². The number of hydrogen-bond acceptors (Lipinski definition) is 3. The van der Waals surface area contributed by atoms with Crippen LogP contribution in [-0.4, -0.2) is 41.8 Å². The van der Waals surface area contributed by atoms with Crippen LogP contribution in [0, 0.1) is 5.92 Å². The zero-order valence-electron chi connectivity index (χ0n) is 9.38. The van der Waals surface area contributed by atoms with E-state index in [1.54, 1.807) is 4.31 Å². The molecule has 16 heavy (non-hydrogen) atoms. The molecule has 1 saturated carbocycles. The fraction of sp³-hybridized carbons (Fsp3) is 1.00. The van der Waals surface area contributed by atoms with Crippen LogP contribution in [0.4, 0.5) is 0 Å². The van der Waals surface area contributed by atoms with Gasteiger partial charge in [-0.3, -0.25) is 0 Å². The van der Waals surface area contributed by atoms with E-state index in [2.05, 4.69) is 0 Å². The highest BCUT2D eigenvalue weighted by molar-refractivity contribution is 7.89. The molecular weight excluding hydrogens is 226 g/mol.